The number of piperidine rings is 1. The summed E-state index contributed by atoms with van der Waals surface area (Å²) in [4.78, 5) is 41.2. The number of amides is 1. The second kappa shape index (κ2) is 13.2. The summed E-state index contributed by atoms with van der Waals surface area (Å²) in [5.41, 5.74) is 7.94. The topological polar surface area (TPSA) is 116 Å². The molecule has 3 N–H and O–H groups in total. The van der Waals surface area contributed by atoms with E-state index in [2.05, 4.69) is 39.5 Å². The number of likely N-dealkylation sites (tertiary alicyclic amines) is 1. The van der Waals surface area contributed by atoms with Crippen LogP contribution in [0, 0.1) is 5.41 Å². The van der Waals surface area contributed by atoms with Crippen molar-refractivity contribution in [1.82, 2.24) is 29.7 Å². The number of aliphatic hydroxyl groups excluding tert-OH is 1. The first-order chi connectivity index (χ1) is 23.3. The van der Waals surface area contributed by atoms with Gasteiger partial charge >= 0.3 is 5.69 Å². The van der Waals surface area contributed by atoms with Crippen LogP contribution < -0.4 is 11.0 Å². The fourth-order valence-electron chi connectivity index (χ4n) is 6.47. The SMILES string of the molecule is CC(C)(CO)CNC(=O)c1ccc2nc(-c3ccccc3)c(-c3ccc(CN4CCC(n5c(=O)[nH]c6ccccc65)CC4)cc3)nc2c1. The smallest absolute Gasteiger partial charge is 0.326 e. The number of benzene rings is 4. The molecule has 1 saturated heterocycles. The number of aromatic amines is 1. The molecule has 3 heterocycles. The van der Waals surface area contributed by atoms with E-state index in [-0.39, 0.29) is 24.2 Å². The summed E-state index contributed by atoms with van der Waals surface area (Å²) >= 11 is 0. The number of aromatic nitrogens is 4. The lowest BCUT2D eigenvalue weighted by Gasteiger charge is -2.32. The van der Waals surface area contributed by atoms with Crippen molar-refractivity contribution in [3.05, 3.63) is 119 Å². The molecule has 0 radical (unpaired) electrons. The molecule has 6 aromatic rings. The van der Waals surface area contributed by atoms with Crippen molar-refractivity contribution >= 4 is 28.0 Å². The van der Waals surface area contributed by atoms with Crippen LogP contribution in [0.5, 0.6) is 0 Å². The highest BCUT2D eigenvalue weighted by Gasteiger charge is 2.24. The number of fused-ring (bicyclic) bond motifs is 2. The molecular weight excluding hydrogens is 600 g/mol. The van der Waals surface area contributed by atoms with Gasteiger partial charge in [-0.2, -0.15) is 0 Å². The summed E-state index contributed by atoms with van der Waals surface area (Å²) in [5, 5.41) is 12.5. The third-order valence-electron chi connectivity index (χ3n) is 9.31. The van der Waals surface area contributed by atoms with Crippen LogP contribution >= 0.6 is 0 Å². The normalized spacial score (nSPS) is 14.5. The van der Waals surface area contributed by atoms with E-state index in [1.54, 1.807) is 12.1 Å². The Bertz CT molecular complexity index is 2130. The molecule has 0 saturated carbocycles. The Balaban J connectivity index is 1.11. The molecular formula is C39H40N6O3. The van der Waals surface area contributed by atoms with Crippen LogP contribution in [0.1, 0.15) is 48.7 Å². The summed E-state index contributed by atoms with van der Waals surface area (Å²) in [6.07, 6.45) is 1.85. The van der Waals surface area contributed by atoms with Gasteiger partial charge in [0.2, 0.25) is 0 Å². The Morgan fingerprint density at radius 1 is 0.875 bits per heavy atom. The maximum Gasteiger partial charge on any atom is 0.326 e. The Kier molecular flexibility index (Phi) is 8.64. The van der Waals surface area contributed by atoms with E-state index in [1.165, 1.54) is 5.56 Å². The average molecular weight is 641 g/mol. The number of rotatable bonds is 9. The molecule has 1 fully saturated rings. The number of carbonyl (C=O) groups is 1. The zero-order valence-electron chi connectivity index (χ0n) is 27.3. The van der Waals surface area contributed by atoms with Crippen molar-refractivity contribution in [3.8, 4) is 22.5 Å². The van der Waals surface area contributed by atoms with Crippen LogP contribution in [-0.2, 0) is 6.54 Å². The summed E-state index contributed by atoms with van der Waals surface area (Å²) < 4.78 is 1.93. The number of nitrogens with one attached hydrogen (secondary N) is 2. The molecule has 1 aliphatic heterocycles. The lowest BCUT2D eigenvalue weighted by Crippen LogP contribution is -2.36. The van der Waals surface area contributed by atoms with Crippen molar-refractivity contribution in [1.29, 1.82) is 0 Å². The summed E-state index contributed by atoms with van der Waals surface area (Å²) in [6.45, 7) is 6.81. The van der Waals surface area contributed by atoms with Crippen molar-refractivity contribution in [2.24, 2.45) is 5.41 Å². The van der Waals surface area contributed by atoms with Gasteiger partial charge in [-0.05, 0) is 48.7 Å². The number of imidazole rings is 1. The summed E-state index contributed by atoms with van der Waals surface area (Å²) in [6, 6.07) is 32.0. The Morgan fingerprint density at radius 3 is 2.27 bits per heavy atom. The molecule has 1 amide bonds. The van der Waals surface area contributed by atoms with Crippen LogP contribution in [0.2, 0.25) is 0 Å². The molecule has 0 atom stereocenters. The predicted octanol–water partition coefficient (Wildman–Crippen LogP) is 6.19. The zero-order chi connectivity index (χ0) is 33.3. The first-order valence-corrected chi connectivity index (χ1v) is 16.6. The highest BCUT2D eigenvalue weighted by molar-refractivity contribution is 5.98. The van der Waals surface area contributed by atoms with E-state index in [1.807, 2.05) is 79.1 Å². The monoisotopic (exact) mass is 640 g/mol. The molecule has 9 heteroatoms. The largest absolute Gasteiger partial charge is 0.396 e. The summed E-state index contributed by atoms with van der Waals surface area (Å²) in [5.74, 6) is -0.212. The summed E-state index contributed by atoms with van der Waals surface area (Å²) in [7, 11) is 0. The number of nitrogens with zero attached hydrogens (tertiary/aromatic N) is 4. The third-order valence-corrected chi connectivity index (χ3v) is 9.31. The quantitative estimate of drug-likeness (QED) is 0.174. The van der Waals surface area contributed by atoms with Gasteiger partial charge < -0.3 is 15.4 Å². The maximum atomic E-state index is 13.0. The Labute approximate surface area is 279 Å². The fraction of sp³-hybridized carbons (Fsp3) is 0.282. The maximum absolute atomic E-state index is 13.0. The van der Waals surface area contributed by atoms with Gasteiger partial charge in [-0.3, -0.25) is 14.3 Å². The molecule has 0 spiro atoms. The second-order valence-electron chi connectivity index (χ2n) is 13.5. The standard InChI is InChI=1S/C39H40N6O3/c1-39(2,25-46)24-40-37(47)29-16-17-31-33(22-29)42-36(35(41-31)27-8-4-3-5-9-27)28-14-12-26(13-15-28)23-44-20-18-30(19-21-44)45-34-11-7-6-10-32(34)43-38(45)48/h3-17,22,30,46H,18-21,23-25H2,1-2H3,(H,40,47)(H,43,48). The highest BCUT2D eigenvalue weighted by atomic mass is 16.3. The number of hydrogen-bond acceptors (Lipinski definition) is 6. The number of para-hydroxylation sites is 2. The van der Waals surface area contributed by atoms with Gasteiger partial charge in [-0.1, -0.05) is 80.6 Å². The Morgan fingerprint density at radius 2 is 1.54 bits per heavy atom. The number of carbonyl (C=O) groups excluding carboxylic acids is 1. The van der Waals surface area contributed by atoms with Crippen molar-refractivity contribution in [2.75, 3.05) is 26.2 Å². The van der Waals surface area contributed by atoms with Gasteiger partial charge in [-0.15, -0.1) is 0 Å². The zero-order valence-corrected chi connectivity index (χ0v) is 27.3. The molecule has 7 rings (SSSR count). The fourth-order valence-corrected chi connectivity index (χ4v) is 6.47. The van der Waals surface area contributed by atoms with Gasteiger partial charge in [0.25, 0.3) is 5.91 Å². The number of H-pyrrole nitrogens is 1. The van der Waals surface area contributed by atoms with Crippen LogP contribution in [0.25, 0.3) is 44.6 Å². The van der Waals surface area contributed by atoms with Crippen LogP contribution in [0.15, 0.2) is 102 Å². The predicted molar refractivity (Wildman–Crippen MR) is 190 cm³/mol. The molecule has 9 nitrogen and oxygen atoms in total. The third kappa shape index (κ3) is 6.52. The number of hydrogen-bond donors (Lipinski definition) is 3. The van der Waals surface area contributed by atoms with E-state index in [0.717, 1.165) is 66.0 Å². The van der Waals surface area contributed by atoms with Gasteiger partial charge in [0.15, 0.2) is 0 Å². The van der Waals surface area contributed by atoms with Crippen molar-refractivity contribution in [2.45, 2.75) is 39.3 Å². The molecule has 48 heavy (non-hydrogen) atoms. The average Bonchev–Trinajstić information content (AvgIpc) is 3.46. The van der Waals surface area contributed by atoms with E-state index >= 15 is 0 Å². The molecule has 4 aromatic carbocycles. The first-order valence-electron chi connectivity index (χ1n) is 16.6. The highest BCUT2D eigenvalue weighted by Crippen LogP contribution is 2.32. The minimum absolute atomic E-state index is 0.0202. The molecule has 0 unspecified atom stereocenters. The minimum Gasteiger partial charge on any atom is -0.396 e. The van der Waals surface area contributed by atoms with Gasteiger partial charge in [0, 0.05) is 60.9 Å². The molecule has 0 bridgehead atoms. The van der Waals surface area contributed by atoms with Gasteiger partial charge in [0.05, 0.1) is 33.5 Å². The van der Waals surface area contributed by atoms with Crippen LogP contribution in [0.3, 0.4) is 0 Å². The first kappa shape index (κ1) is 31.5. The van der Waals surface area contributed by atoms with Crippen LogP contribution in [0.4, 0.5) is 0 Å². The molecule has 244 valence electrons. The Hall–Kier alpha value is -5.12. The molecule has 2 aromatic heterocycles. The lowest BCUT2D eigenvalue weighted by atomic mass is 9.95. The minimum atomic E-state index is -0.411. The van der Waals surface area contributed by atoms with Crippen LogP contribution in [-0.4, -0.2) is 61.7 Å². The van der Waals surface area contributed by atoms with E-state index in [9.17, 15) is 14.7 Å². The van der Waals surface area contributed by atoms with Gasteiger partial charge in [0.1, 0.15) is 0 Å². The second-order valence-corrected chi connectivity index (χ2v) is 13.5. The molecule has 0 aliphatic carbocycles. The van der Waals surface area contributed by atoms with E-state index in [4.69, 9.17) is 9.97 Å². The lowest BCUT2D eigenvalue weighted by molar-refractivity contribution is 0.0911. The van der Waals surface area contributed by atoms with E-state index < -0.39 is 5.41 Å². The van der Waals surface area contributed by atoms with Gasteiger partial charge in [-0.25, -0.2) is 14.8 Å². The van der Waals surface area contributed by atoms with E-state index in [0.29, 0.717) is 23.1 Å². The van der Waals surface area contributed by atoms with Crippen molar-refractivity contribution in [3.63, 3.8) is 0 Å². The molecule has 1 aliphatic rings. The number of aliphatic hydroxyl groups is 1. The van der Waals surface area contributed by atoms with Crippen molar-refractivity contribution < 1.29 is 9.90 Å².